The average molecular weight is 491 g/mol. The van der Waals surface area contributed by atoms with Crippen molar-refractivity contribution in [2.75, 3.05) is 0 Å². The Morgan fingerprint density at radius 3 is 2.63 bits per heavy atom. The van der Waals surface area contributed by atoms with Crippen LogP contribution in [0.4, 0.5) is 5.69 Å². The topological polar surface area (TPSA) is 117 Å². The van der Waals surface area contributed by atoms with Gasteiger partial charge in [0, 0.05) is 29.4 Å². The lowest BCUT2D eigenvalue weighted by atomic mass is 9.90. The number of amidine groups is 2. The molecule has 2 aliphatic heterocycles. The summed E-state index contributed by atoms with van der Waals surface area (Å²) in [6.45, 7) is 5.71. The van der Waals surface area contributed by atoms with E-state index < -0.39 is 10.8 Å². The minimum absolute atomic E-state index is 0.0160. The van der Waals surface area contributed by atoms with Gasteiger partial charge in [0.15, 0.2) is 5.84 Å². The Labute approximate surface area is 207 Å². The number of nitro groups is 1. The molecule has 0 radical (unpaired) electrons. The van der Waals surface area contributed by atoms with Gasteiger partial charge in [-0.05, 0) is 68.6 Å². The van der Waals surface area contributed by atoms with Crippen LogP contribution in [-0.2, 0) is 4.79 Å². The Morgan fingerprint density at radius 1 is 1.17 bits per heavy atom. The third-order valence-electron chi connectivity index (χ3n) is 6.84. The Hall–Kier alpha value is -3.53. The number of aryl methyl sites for hydroxylation is 2. The molecule has 0 bridgehead atoms. The van der Waals surface area contributed by atoms with E-state index in [1.54, 1.807) is 18.2 Å². The number of nitrogens with zero attached hydrogens (tertiary/aromatic N) is 5. The van der Waals surface area contributed by atoms with Crippen molar-refractivity contribution in [3.8, 4) is 5.69 Å². The van der Waals surface area contributed by atoms with Crippen molar-refractivity contribution in [2.24, 2.45) is 16.0 Å². The molecular formula is C25H26N6O3S. The Morgan fingerprint density at radius 2 is 1.91 bits per heavy atom. The lowest BCUT2D eigenvalue weighted by molar-refractivity contribution is -0.384. The van der Waals surface area contributed by atoms with Crippen LogP contribution in [0, 0.1) is 42.2 Å². The fourth-order valence-corrected chi connectivity index (χ4v) is 5.99. The van der Waals surface area contributed by atoms with E-state index in [4.69, 9.17) is 5.41 Å². The number of aliphatic imine (C=N–C) groups is 1. The van der Waals surface area contributed by atoms with Crippen molar-refractivity contribution >= 4 is 45.5 Å². The number of rotatable bonds is 4. The highest BCUT2D eigenvalue weighted by Crippen LogP contribution is 2.36. The van der Waals surface area contributed by atoms with Gasteiger partial charge in [0.05, 0.1) is 16.2 Å². The number of non-ortho nitro benzene ring substituents is 1. The van der Waals surface area contributed by atoms with Gasteiger partial charge >= 0.3 is 0 Å². The molecule has 35 heavy (non-hydrogen) atoms. The molecule has 0 spiro atoms. The van der Waals surface area contributed by atoms with Crippen LogP contribution in [0.2, 0.25) is 0 Å². The summed E-state index contributed by atoms with van der Waals surface area (Å²) in [6.07, 6.45) is 7.44. The van der Waals surface area contributed by atoms with E-state index >= 15 is 0 Å². The Kier molecular flexibility index (Phi) is 5.92. The molecule has 1 saturated carbocycles. The van der Waals surface area contributed by atoms with E-state index in [0.29, 0.717) is 16.8 Å². The molecule has 1 aromatic carbocycles. The lowest BCUT2D eigenvalue weighted by Crippen LogP contribution is -2.35. The number of benzene rings is 1. The molecule has 3 aliphatic rings. The molecule has 1 amide bonds. The summed E-state index contributed by atoms with van der Waals surface area (Å²) >= 11 is 1.41. The highest BCUT2D eigenvalue weighted by atomic mass is 32.2. The second-order valence-corrected chi connectivity index (χ2v) is 10.2. The van der Waals surface area contributed by atoms with Crippen LogP contribution in [0.15, 0.2) is 39.9 Å². The van der Waals surface area contributed by atoms with Crippen LogP contribution in [0.25, 0.3) is 11.8 Å². The molecule has 0 saturated heterocycles. The number of carbonyl (C=O) groups excluding carboxylic acids is 1. The molecule has 2 aromatic rings. The lowest BCUT2D eigenvalue weighted by Gasteiger charge is -2.20. The average Bonchev–Trinajstić information content (AvgIpc) is 3.38. The second kappa shape index (κ2) is 8.92. The van der Waals surface area contributed by atoms with E-state index in [9.17, 15) is 14.9 Å². The minimum Gasteiger partial charge on any atom is -0.317 e. The number of hydrogen-bond acceptors (Lipinski definition) is 6. The van der Waals surface area contributed by atoms with E-state index in [1.807, 2.05) is 31.4 Å². The summed E-state index contributed by atoms with van der Waals surface area (Å²) in [5.41, 5.74) is 4.24. The van der Waals surface area contributed by atoms with Gasteiger partial charge in [0.1, 0.15) is 5.04 Å². The molecule has 1 N–H and O–H groups in total. The maximum atomic E-state index is 12.9. The first-order chi connectivity index (χ1) is 16.7. The molecule has 0 atom stereocenters. The first-order valence-corrected chi connectivity index (χ1v) is 12.5. The quantitative estimate of drug-likeness (QED) is 0.344. The second-order valence-electron chi connectivity index (χ2n) is 9.18. The minimum atomic E-state index is -0.454. The molecule has 1 aromatic heterocycles. The van der Waals surface area contributed by atoms with Crippen LogP contribution in [0.3, 0.4) is 0 Å². The number of hydrogen-bond donors (Lipinski definition) is 1. The van der Waals surface area contributed by atoms with E-state index in [-0.39, 0.29) is 17.1 Å². The predicted molar refractivity (Wildman–Crippen MR) is 138 cm³/mol. The first-order valence-electron chi connectivity index (χ1n) is 11.7. The largest absolute Gasteiger partial charge is 0.317 e. The van der Waals surface area contributed by atoms with Gasteiger partial charge < -0.3 is 4.57 Å². The zero-order valence-electron chi connectivity index (χ0n) is 19.9. The van der Waals surface area contributed by atoms with Gasteiger partial charge in [-0.2, -0.15) is 15.1 Å². The molecule has 10 heteroatoms. The van der Waals surface area contributed by atoms with Gasteiger partial charge in [0.2, 0.25) is 5.17 Å². The first kappa shape index (κ1) is 23.2. The number of hydrazone groups is 1. The summed E-state index contributed by atoms with van der Waals surface area (Å²) in [6, 6.07) is 6.69. The smallest absolute Gasteiger partial charge is 0.283 e. The van der Waals surface area contributed by atoms with Crippen molar-refractivity contribution in [3.63, 3.8) is 0 Å². The van der Waals surface area contributed by atoms with E-state index in [2.05, 4.69) is 10.1 Å². The third kappa shape index (κ3) is 4.12. The van der Waals surface area contributed by atoms with E-state index in [1.165, 1.54) is 42.1 Å². The Balaban J connectivity index is 1.50. The van der Waals surface area contributed by atoms with Crippen molar-refractivity contribution in [3.05, 3.63) is 62.5 Å². The fourth-order valence-electron chi connectivity index (χ4n) is 4.93. The molecule has 1 aliphatic carbocycles. The summed E-state index contributed by atoms with van der Waals surface area (Å²) in [5.74, 6) is -0.0608. The molecule has 0 unspecified atom stereocenters. The SMILES string of the molecule is Cc1ccc([N+](=O)[O-])cc1-n1c(C)cc(/C=C2\C(=N)N3N=C(C4CCCCC4)SC3=NC2=O)c1C. The van der Waals surface area contributed by atoms with Crippen LogP contribution in [-0.4, -0.2) is 36.5 Å². The van der Waals surface area contributed by atoms with Crippen molar-refractivity contribution in [1.82, 2.24) is 9.58 Å². The van der Waals surface area contributed by atoms with Crippen LogP contribution < -0.4 is 0 Å². The number of thioether (sulfide) groups is 1. The zero-order chi connectivity index (χ0) is 24.9. The normalized spacial score (nSPS) is 19.7. The monoisotopic (exact) mass is 490 g/mol. The highest BCUT2D eigenvalue weighted by molar-refractivity contribution is 8.27. The Bertz CT molecular complexity index is 1360. The summed E-state index contributed by atoms with van der Waals surface area (Å²) < 4.78 is 1.94. The van der Waals surface area contributed by atoms with Crippen LogP contribution in [0.5, 0.6) is 0 Å². The van der Waals surface area contributed by atoms with Crippen LogP contribution >= 0.6 is 11.8 Å². The number of nitrogens with one attached hydrogen (secondary N) is 1. The molecule has 5 rings (SSSR count). The number of carbonyl (C=O) groups is 1. The zero-order valence-corrected chi connectivity index (χ0v) is 20.7. The summed E-state index contributed by atoms with van der Waals surface area (Å²) in [5, 5.41) is 27.6. The third-order valence-corrected chi connectivity index (χ3v) is 7.91. The fraction of sp³-hybridized carbons (Fsp3) is 0.360. The van der Waals surface area contributed by atoms with Gasteiger partial charge in [-0.3, -0.25) is 20.3 Å². The predicted octanol–water partition coefficient (Wildman–Crippen LogP) is 5.51. The molecule has 1 fully saturated rings. The molecular weight excluding hydrogens is 464 g/mol. The maximum absolute atomic E-state index is 12.9. The van der Waals surface area contributed by atoms with Gasteiger partial charge in [0.25, 0.3) is 11.6 Å². The molecule has 180 valence electrons. The summed E-state index contributed by atoms with van der Waals surface area (Å²) in [7, 11) is 0. The van der Waals surface area contributed by atoms with Gasteiger partial charge in [-0.1, -0.05) is 25.3 Å². The van der Waals surface area contributed by atoms with Crippen molar-refractivity contribution in [1.29, 1.82) is 5.41 Å². The van der Waals surface area contributed by atoms with Crippen LogP contribution in [0.1, 0.15) is 54.6 Å². The van der Waals surface area contributed by atoms with Gasteiger partial charge in [-0.15, -0.1) is 0 Å². The number of fused-ring (bicyclic) bond motifs is 1. The van der Waals surface area contributed by atoms with Crippen molar-refractivity contribution in [2.45, 2.75) is 52.9 Å². The standard InChI is InChI=1S/C25H26N6O3S/c1-14-9-10-19(31(33)34)13-21(14)29-15(2)11-18(16(29)3)12-20-22(26)30-25(27-23(20)32)35-24(28-30)17-7-5-4-6-8-17/h9-13,17,26H,4-8H2,1-3H3/b20-12+,26-22?. The van der Waals surface area contributed by atoms with E-state index in [0.717, 1.165) is 40.4 Å². The maximum Gasteiger partial charge on any atom is 0.283 e. The van der Waals surface area contributed by atoms with Gasteiger partial charge in [-0.25, -0.2) is 0 Å². The molecule has 3 heterocycles. The highest BCUT2D eigenvalue weighted by Gasteiger charge is 2.38. The number of aromatic nitrogens is 1. The van der Waals surface area contributed by atoms with Crippen molar-refractivity contribution < 1.29 is 9.72 Å². The number of amides is 1. The number of nitro benzene ring substituents is 1. The summed E-state index contributed by atoms with van der Waals surface area (Å²) in [4.78, 5) is 28.1. The molecule has 9 nitrogen and oxygen atoms in total.